The molecule has 0 fully saturated rings. The van der Waals surface area contributed by atoms with E-state index in [1.165, 1.54) is 11.3 Å². The number of carbonyl (C=O) groups excluding carboxylic acids is 1. The van der Waals surface area contributed by atoms with Crippen LogP contribution in [0.3, 0.4) is 0 Å². The number of ether oxygens (including phenoxy) is 3. The first kappa shape index (κ1) is 28.1. The second-order valence-electron chi connectivity index (χ2n) is 8.81. The van der Waals surface area contributed by atoms with Crippen LogP contribution in [0.2, 0.25) is 0 Å². The van der Waals surface area contributed by atoms with Gasteiger partial charge in [-0.15, -0.1) is 11.3 Å². The van der Waals surface area contributed by atoms with Crippen LogP contribution in [0.25, 0.3) is 10.7 Å². The lowest BCUT2D eigenvalue weighted by Gasteiger charge is -2.28. The normalized spacial score (nSPS) is 12.9. The van der Waals surface area contributed by atoms with E-state index < -0.39 is 23.4 Å². The fourth-order valence-electron chi connectivity index (χ4n) is 3.81. The van der Waals surface area contributed by atoms with Crippen molar-refractivity contribution in [2.75, 3.05) is 13.2 Å². The van der Waals surface area contributed by atoms with Crippen molar-refractivity contribution < 1.29 is 32.2 Å². The van der Waals surface area contributed by atoms with Gasteiger partial charge in [0.05, 0.1) is 18.1 Å². The van der Waals surface area contributed by atoms with Crippen LogP contribution in [0, 0.1) is 0 Å². The quantitative estimate of drug-likeness (QED) is 0.190. The molecule has 0 saturated heterocycles. The van der Waals surface area contributed by atoms with E-state index in [0.717, 1.165) is 22.7 Å². The molecule has 204 valence electrons. The number of carbonyl (C=O) groups is 1. The molecule has 0 aliphatic heterocycles. The van der Waals surface area contributed by atoms with Gasteiger partial charge in [0.1, 0.15) is 17.2 Å². The maximum absolute atomic E-state index is 12.9. The van der Waals surface area contributed by atoms with Crippen molar-refractivity contribution in [3.63, 3.8) is 0 Å². The number of halogens is 3. The first-order valence-corrected chi connectivity index (χ1v) is 13.1. The average molecular weight is 557 g/mol. The van der Waals surface area contributed by atoms with Crippen LogP contribution in [0.5, 0.6) is 11.5 Å². The van der Waals surface area contributed by atoms with Gasteiger partial charge in [0.25, 0.3) is 0 Å². The minimum atomic E-state index is -4.52. The number of aromatic nitrogens is 2. The SMILES string of the molecule is CCOC(=O)C(C)(Cc1ccc(OCCc2ccc(-c3nccc(C(F)(F)F)n3)s2)cc1)Oc1ccccc1. The Morgan fingerprint density at radius 1 is 0.949 bits per heavy atom. The second-order valence-corrected chi connectivity index (χ2v) is 9.98. The third-order valence-electron chi connectivity index (χ3n) is 5.70. The number of para-hydroxylation sites is 1. The number of benzene rings is 2. The first-order chi connectivity index (χ1) is 18.7. The molecule has 0 N–H and O–H groups in total. The van der Waals surface area contributed by atoms with Crippen molar-refractivity contribution in [3.8, 4) is 22.2 Å². The third kappa shape index (κ3) is 7.57. The van der Waals surface area contributed by atoms with Gasteiger partial charge in [-0.25, -0.2) is 14.8 Å². The van der Waals surface area contributed by atoms with Gasteiger partial charge in [0.2, 0.25) is 5.60 Å². The summed E-state index contributed by atoms with van der Waals surface area (Å²) in [5.41, 5.74) is -1.30. The molecule has 0 amide bonds. The minimum absolute atomic E-state index is 0.0450. The van der Waals surface area contributed by atoms with Crippen molar-refractivity contribution in [2.24, 2.45) is 0 Å². The first-order valence-electron chi connectivity index (χ1n) is 12.3. The average Bonchev–Trinajstić information content (AvgIpc) is 3.39. The molecule has 39 heavy (non-hydrogen) atoms. The molecule has 2 aromatic carbocycles. The van der Waals surface area contributed by atoms with Crippen molar-refractivity contribution in [1.29, 1.82) is 0 Å². The van der Waals surface area contributed by atoms with E-state index in [-0.39, 0.29) is 12.4 Å². The lowest BCUT2D eigenvalue weighted by molar-refractivity contribution is -0.160. The molecule has 1 atom stereocenters. The van der Waals surface area contributed by atoms with Crippen LogP contribution in [-0.4, -0.2) is 34.8 Å². The largest absolute Gasteiger partial charge is 0.493 e. The van der Waals surface area contributed by atoms with Gasteiger partial charge in [0, 0.05) is 23.9 Å². The number of hydrogen-bond acceptors (Lipinski definition) is 7. The topological polar surface area (TPSA) is 70.5 Å². The summed E-state index contributed by atoms with van der Waals surface area (Å²) in [6.07, 6.45) is -2.54. The standard InChI is InChI=1S/C29H27F3N2O4S/c1-3-36-27(35)28(2,38-22-7-5-4-6-8-22)19-20-9-11-21(12-10-20)37-18-16-23-13-14-24(39-23)26-33-17-15-25(34-26)29(30,31)32/h4-15,17H,3,16,18-19H2,1-2H3. The summed E-state index contributed by atoms with van der Waals surface area (Å²) >= 11 is 1.33. The Labute approximate surface area is 228 Å². The number of esters is 1. The van der Waals surface area contributed by atoms with Crippen LogP contribution in [-0.2, 0) is 28.5 Å². The van der Waals surface area contributed by atoms with Gasteiger partial charge >= 0.3 is 12.1 Å². The lowest BCUT2D eigenvalue weighted by Crippen LogP contribution is -2.45. The number of thiophene rings is 1. The van der Waals surface area contributed by atoms with Gasteiger partial charge in [-0.05, 0) is 61.9 Å². The smallest absolute Gasteiger partial charge is 0.433 e. The fourth-order valence-corrected chi connectivity index (χ4v) is 4.74. The second kappa shape index (κ2) is 12.3. The lowest BCUT2D eigenvalue weighted by atomic mass is 9.96. The summed E-state index contributed by atoms with van der Waals surface area (Å²) in [4.78, 5) is 21.8. The summed E-state index contributed by atoms with van der Waals surface area (Å²) < 4.78 is 56.0. The van der Waals surface area contributed by atoms with Crippen LogP contribution in [0.1, 0.15) is 30.0 Å². The Morgan fingerprint density at radius 2 is 1.69 bits per heavy atom. The molecule has 10 heteroatoms. The van der Waals surface area contributed by atoms with Gasteiger partial charge in [0.15, 0.2) is 5.82 Å². The zero-order valence-corrected chi connectivity index (χ0v) is 22.2. The molecule has 0 aliphatic carbocycles. The Morgan fingerprint density at radius 3 is 2.38 bits per heavy atom. The third-order valence-corrected chi connectivity index (χ3v) is 6.84. The van der Waals surface area contributed by atoms with Crippen molar-refractivity contribution in [2.45, 2.75) is 38.5 Å². The summed E-state index contributed by atoms with van der Waals surface area (Å²) in [5, 5.41) is 0. The van der Waals surface area contributed by atoms with E-state index in [4.69, 9.17) is 14.2 Å². The van der Waals surface area contributed by atoms with E-state index in [1.807, 2.05) is 48.5 Å². The molecule has 4 rings (SSSR count). The molecule has 2 heterocycles. The maximum Gasteiger partial charge on any atom is 0.433 e. The number of nitrogens with zero attached hydrogens (tertiary/aromatic N) is 2. The number of alkyl halides is 3. The molecular formula is C29H27F3N2O4S. The molecule has 2 aromatic heterocycles. The van der Waals surface area contributed by atoms with Gasteiger partial charge in [-0.2, -0.15) is 13.2 Å². The Balaban J connectivity index is 1.34. The highest BCUT2D eigenvalue weighted by molar-refractivity contribution is 7.15. The maximum atomic E-state index is 12.9. The summed E-state index contributed by atoms with van der Waals surface area (Å²) in [5.74, 6) is 0.826. The molecule has 4 aromatic rings. The van der Waals surface area contributed by atoms with Crippen LogP contribution in [0.4, 0.5) is 13.2 Å². The molecule has 1 unspecified atom stereocenters. The van der Waals surface area contributed by atoms with Crippen molar-refractivity contribution in [1.82, 2.24) is 9.97 Å². The number of hydrogen-bond donors (Lipinski definition) is 0. The molecule has 0 aliphatic rings. The van der Waals surface area contributed by atoms with Gasteiger partial charge < -0.3 is 14.2 Å². The van der Waals surface area contributed by atoms with Gasteiger partial charge in [-0.3, -0.25) is 0 Å². The zero-order valence-electron chi connectivity index (χ0n) is 21.4. The number of rotatable bonds is 11. The molecular weight excluding hydrogens is 529 g/mol. The van der Waals surface area contributed by atoms with E-state index in [9.17, 15) is 18.0 Å². The predicted octanol–water partition coefficient (Wildman–Crippen LogP) is 6.79. The molecule has 0 bridgehead atoms. The highest BCUT2D eigenvalue weighted by Gasteiger charge is 2.38. The van der Waals surface area contributed by atoms with Crippen LogP contribution < -0.4 is 9.47 Å². The van der Waals surface area contributed by atoms with E-state index >= 15 is 0 Å². The molecule has 0 radical (unpaired) electrons. The van der Waals surface area contributed by atoms with Crippen LogP contribution in [0.15, 0.2) is 79.0 Å². The zero-order chi connectivity index (χ0) is 27.9. The minimum Gasteiger partial charge on any atom is -0.493 e. The van der Waals surface area contributed by atoms with E-state index in [2.05, 4.69) is 9.97 Å². The Kier molecular flexibility index (Phi) is 8.86. The Hall–Kier alpha value is -3.92. The summed E-state index contributed by atoms with van der Waals surface area (Å²) in [6, 6.07) is 20.9. The van der Waals surface area contributed by atoms with E-state index in [0.29, 0.717) is 35.8 Å². The van der Waals surface area contributed by atoms with Crippen LogP contribution >= 0.6 is 11.3 Å². The molecule has 0 saturated carbocycles. The molecule has 6 nitrogen and oxygen atoms in total. The van der Waals surface area contributed by atoms with Crippen molar-refractivity contribution in [3.05, 3.63) is 95.1 Å². The summed E-state index contributed by atoms with van der Waals surface area (Å²) in [7, 11) is 0. The summed E-state index contributed by atoms with van der Waals surface area (Å²) in [6.45, 7) is 4.09. The fraction of sp³-hybridized carbons (Fsp3) is 0.276. The van der Waals surface area contributed by atoms with Crippen molar-refractivity contribution >= 4 is 17.3 Å². The van der Waals surface area contributed by atoms with Gasteiger partial charge in [-0.1, -0.05) is 30.3 Å². The monoisotopic (exact) mass is 556 g/mol. The Bertz CT molecular complexity index is 1380. The van der Waals surface area contributed by atoms with E-state index in [1.54, 1.807) is 32.0 Å². The predicted molar refractivity (Wildman–Crippen MR) is 142 cm³/mol. The molecule has 0 spiro atoms. The highest BCUT2D eigenvalue weighted by atomic mass is 32.1. The highest BCUT2D eigenvalue weighted by Crippen LogP contribution is 2.31.